The molecule has 0 radical (unpaired) electrons. The first-order valence-corrected chi connectivity index (χ1v) is 9.20. The molecule has 146 valence electrons. The van der Waals surface area contributed by atoms with E-state index < -0.39 is 0 Å². The number of anilines is 2. The molecule has 1 saturated heterocycles. The summed E-state index contributed by atoms with van der Waals surface area (Å²) in [5.74, 6) is -0.217. The zero-order valence-corrected chi connectivity index (χ0v) is 16.3. The molecule has 0 saturated carbocycles. The van der Waals surface area contributed by atoms with Crippen LogP contribution in [0.4, 0.5) is 15.8 Å². The lowest BCUT2D eigenvalue weighted by Gasteiger charge is -2.35. The van der Waals surface area contributed by atoms with Crippen molar-refractivity contribution in [3.8, 4) is 0 Å². The zero-order chi connectivity index (χ0) is 18.6. The van der Waals surface area contributed by atoms with Gasteiger partial charge in [0.2, 0.25) is 5.91 Å². The molecule has 4 nitrogen and oxygen atoms in total. The van der Waals surface area contributed by atoms with Gasteiger partial charge >= 0.3 is 0 Å². The Morgan fingerprint density at radius 3 is 2.36 bits per heavy atom. The molecule has 0 unspecified atom stereocenters. The van der Waals surface area contributed by atoms with Gasteiger partial charge in [0.05, 0.1) is 12.2 Å². The summed E-state index contributed by atoms with van der Waals surface area (Å²) in [5, 5.41) is 5.17. The number of carbonyl (C=O) groups is 1. The number of benzene rings is 3. The highest BCUT2D eigenvalue weighted by molar-refractivity contribution is 6.02. The topological polar surface area (TPSA) is 35.6 Å². The summed E-state index contributed by atoms with van der Waals surface area (Å²) in [5.41, 5.74) is 1.47. The molecule has 0 bridgehead atoms. The molecule has 1 amide bonds. The predicted molar refractivity (Wildman–Crippen MR) is 115 cm³/mol. The maximum atomic E-state index is 13.9. The fraction of sp³-hybridized carbons (Fsp3) is 0.227. The number of hydrogen-bond donors (Lipinski definition) is 1. The molecule has 0 aromatic heterocycles. The Kier molecular flexibility index (Phi) is 6.49. The first kappa shape index (κ1) is 20.1. The smallest absolute Gasteiger partial charge is 0.238 e. The predicted octanol–water partition coefficient (Wildman–Crippen LogP) is 4.16. The Hall–Kier alpha value is -2.63. The summed E-state index contributed by atoms with van der Waals surface area (Å²) in [6.07, 6.45) is 0. The van der Waals surface area contributed by atoms with Crippen molar-refractivity contribution in [2.24, 2.45) is 0 Å². The van der Waals surface area contributed by atoms with Crippen LogP contribution in [0.15, 0.2) is 66.7 Å². The number of halogens is 2. The first-order chi connectivity index (χ1) is 13.2. The van der Waals surface area contributed by atoms with Crippen molar-refractivity contribution >= 4 is 40.5 Å². The number of fused-ring (bicyclic) bond motifs is 1. The Morgan fingerprint density at radius 1 is 0.893 bits per heavy atom. The molecule has 1 aliphatic heterocycles. The van der Waals surface area contributed by atoms with Crippen molar-refractivity contribution in [3.05, 3.63) is 72.5 Å². The van der Waals surface area contributed by atoms with E-state index in [2.05, 4.69) is 10.2 Å². The van der Waals surface area contributed by atoms with Gasteiger partial charge in [0.1, 0.15) is 5.82 Å². The minimum absolute atomic E-state index is 0. The fourth-order valence-corrected chi connectivity index (χ4v) is 3.58. The molecular formula is C22H23ClFN3O. The average molecular weight is 400 g/mol. The third kappa shape index (κ3) is 4.43. The normalized spacial score (nSPS) is 14.5. The van der Waals surface area contributed by atoms with Gasteiger partial charge in [-0.05, 0) is 23.6 Å². The van der Waals surface area contributed by atoms with Crippen LogP contribution in [0.3, 0.4) is 0 Å². The number of amides is 1. The minimum Gasteiger partial charge on any atom is -0.367 e. The van der Waals surface area contributed by atoms with Gasteiger partial charge in [-0.25, -0.2) is 4.39 Å². The molecule has 0 aliphatic carbocycles. The molecule has 3 aromatic rings. The second-order valence-electron chi connectivity index (χ2n) is 6.79. The lowest BCUT2D eigenvalue weighted by Crippen LogP contribution is -2.48. The first-order valence-electron chi connectivity index (χ1n) is 9.20. The molecule has 4 rings (SSSR count). The van der Waals surface area contributed by atoms with Gasteiger partial charge in [0, 0.05) is 37.3 Å². The van der Waals surface area contributed by atoms with E-state index >= 15 is 0 Å². The molecule has 6 heteroatoms. The number of nitrogens with one attached hydrogen (secondary N) is 1. The molecule has 0 atom stereocenters. The van der Waals surface area contributed by atoms with Crippen LogP contribution in [0.5, 0.6) is 0 Å². The number of para-hydroxylation sites is 1. The quantitative estimate of drug-likeness (QED) is 0.715. The molecule has 1 heterocycles. The number of hydrogen-bond acceptors (Lipinski definition) is 3. The summed E-state index contributed by atoms with van der Waals surface area (Å²) >= 11 is 0. The summed E-state index contributed by atoms with van der Waals surface area (Å²) < 4.78 is 13.9. The van der Waals surface area contributed by atoms with Crippen molar-refractivity contribution < 1.29 is 9.18 Å². The Balaban J connectivity index is 0.00000225. The van der Waals surface area contributed by atoms with E-state index in [1.807, 2.05) is 53.4 Å². The third-order valence-electron chi connectivity index (χ3n) is 5.00. The van der Waals surface area contributed by atoms with Crippen LogP contribution in [0.25, 0.3) is 10.8 Å². The summed E-state index contributed by atoms with van der Waals surface area (Å²) in [4.78, 5) is 16.6. The van der Waals surface area contributed by atoms with Gasteiger partial charge in [-0.15, -0.1) is 12.4 Å². The van der Waals surface area contributed by atoms with E-state index in [-0.39, 0.29) is 24.1 Å². The van der Waals surface area contributed by atoms with Crippen molar-refractivity contribution in [3.63, 3.8) is 0 Å². The van der Waals surface area contributed by atoms with E-state index in [1.54, 1.807) is 12.1 Å². The highest BCUT2D eigenvalue weighted by Crippen LogP contribution is 2.23. The van der Waals surface area contributed by atoms with Crippen LogP contribution in [-0.2, 0) is 4.79 Å². The lowest BCUT2D eigenvalue weighted by molar-refractivity contribution is -0.117. The summed E-state index contributed by atoms with van der Waals surface area (Å²) in [6.45, 7) is 3.23. The van der Waals surface area contributed by atoms with Crippen LogP contribution in [0, 0.1) is 5.82 Å². The van der Waals surface area contributed by atoms with Gasteiger partial charge in [0.25, 0.3) is 0 Å². The Morgan fingerprint density at radius 2 is 1.57 bits per heavy atom. The maximum absolute atomic E-state index is 13.9. The van der Waals surface area contributed by atoms with Gasteiger partial charge in [-0.3, -0.25) is 9.69 Å². The second-order valence-corrected chi connectivity index (χ2v) is 6.79. The SMILES string of the molecule is Cl.O=C(CN1CCN(c2ccccc2F)CC1)Nc1cccc2ccccc12. The Bertz CT molecular complexity index is 952. The van der Waals surface area contributed by atoms with E-state index in [0.29, 0.717) is 25.3 Å². The molecular weight excluding hydrogens is 377 g/mol. The van der Waals surface area contributed by atoms with Crippen LogP contribution >= 0.6 is 12.4 Å². The molecule has 28 heavy (non-hydrogen) atoms. The molecule has 3 aromatic carbocycles. The third-order valence-corrected chi connectivity index (χ3v) is 5.00. The van der Waals surface area contributed by atoms with E-state index in [9.17, 15) is 9.18 Å². The van der Waals surface area contributed by atoms with Gasteiger partial charge in [0.15, 0.2) is 0 Å². The van der Waals surface area contributed by atoms with E-state index in [4.69, 9.17) is 0 Å². The van der Waals surface area contributed by atoms with Crippen molar-refractivity contribution in [2.45, 2.75) is 0 Å². The monoisotopic (exact) mass is 399 g/mol. The molecule has 1 aliphatic rings. The van der Waals surface area contributed by atoms with Crippen LogP contribution in [0.2, 0.25) is 0 Å². The second kappa shape index (κ2) is 9.04. The molecule has 0 spiro atoms. The lowest BCUT2D eigenvalue weighted by atomic mass is 10.1. The number of piperazine rings is 1. The van der Waals surface area contributed by atoms with Crippen molar-refractivity contribution in [1.82, 2.24) is 4.90 Å². The van der Waals surface area contributed by atoms with Crippen molar-refractivity contribution in [2.75, 3.05) is 42.9 Å². The highest BCUT2D eigenvalue weighted by atomic mass is 35.5. The maximum Gasteiger partial charge on any atom is 0.238 e. The van der Waals surface area contributed by atoms with Crippen LogP contribution < -0.4 is 10.2 Å². The zero-order valence-electron chi connectivity index (χ0n) is 15.5. The molecule has 1 fully saturated rings. The Labute approximate surface area is 170 Å². The van der Waals surface area contributed by atoms with Gasteiger partial charge < -0.3 is 10.2 Å². The number of carbonyl (C=O) groups excluding carboxylic acids is 1. The fourth-order valence-electron chi connectivity index (χ4n) is 3.58. The number of nitrogens with zero attached hydrogens (tertiary/aromatic N) is 2. The van der Waals surface area contributed by atoms with Crippen LogP contribution in [0.1, 0.15) is 0 Å². The van der Waals surface area contributed by atoms with Crippen LogP contribution in [-0.4, -0.2) is 43.5 Å². The average Bonchev–Trinajstić information content (AvgIpc) is 2.69. The van der Waals surface area contributed by atoms with E-state index in [0.717, 1.165) is 29.5 Å². The largest absolute Gasteiger partial charge is 0.367 e. The van der Waals surface area contributed by atoms with Gasteiger partial charge in [-0.1, -0.05) is 48.5 Å². The van der Waals surface area contributed by atoms with Crippen molar-refractivity contribution in [1.29, 1.82) is 0 Å². The highest BCUT2D eigenvalue weighted by Gasteiger charge is 2.21. The minimum atomic E-state index is -0.195. The molecule has 1 N–H and O–H groups in total. The standard InChI is InChI=1S/C22H22FN3O.ClH/c23-19-9-3-4-11-21(19)26-14-12-25(13-15-26)16-22(27)24-20-10-5-7-17-6-1-2-8-18(17)20;/h1-11H,12-16H2,(H,24,27);1H. The number of rotatable bonds is 4. The summed E-state index contributed by atoms with van der Waals surface area (Å²) in [7, 11) is 0. The van der Waals surface area contributed by atoms with Gasteiger partial charge in [-0.2, -0.15) is 0 Å². The van der Waals surface area contributed by atoms with E-state index in [1.165, 1.54) is 6.07 Å². The summed E-state index contributed by atoms with van der Waals surface area (Å²) in [6, 6.07) is 20.8.